The summed E-state index contributed by atoms with van der Waals surface area (Å²) in [5.41, 5.74) is 0. The second kappa shape index (κ2) is 2.64. The highest BCUT2D eigenvalue weighted by Gasteiger charge is 2.43. The van der Waals surface area contributed by atoms with Crippen molar-refractivity contribution >= 4 is 0 Å². The molecule has 13 heavy (non-hydrogen) atoms. The third kappa shape index (κ3) is 1.93. The highest BCUT2D eigenvalue weighted by molar-refractivity contribution is 4.97. The monoisotopic (exact) mass is 204 g/mol. The quantitative estimate of drug-likeness (QED) is 0.593. The second-order valence-electron chi connectivity index (χ2n) is 2.09. The highest BCUT2D eigenvalue weighted by Crippen LogP contribution is 2.33. The predicted molar refractivity (Wildman–Crippen MR) is 28.5 cm³/mol. The standard InChI is InChI=1S/C5H2F6N2/c6-4(7,8)3-12-1-2-13(3)5(9,10)11/h1-2H. The molecule has 0 spiro atoms. The van der Waals surface area contributed by atoms with Gasteiger partial charge in [0.15, 0.2) is 0 Å². The smallest absolute Gasteiger partial charge is 0.237 e. The van der Waals surface area contributed by atoms with Crippen LogP contribution < -0.4 is 0 Å². The summed E-state index contributed by atoms with van der Waals surface area (Å²) in [6, 6.07) is 0. The molecule has 0 N–H and O–H groups in total. The van der Waals surface area contributed by atoms with Crippen LogP contribution in [0.1, 0.15) is 5.82 Å². The van der Waals surface area contributed by atoms with Crippen molar-refractivity contribution in [3.63, 3.8) is 0 Å². The van der Waals surface area contributed by atoms with Crippen molar-refractivity contribution in [1.82, 2.24) is 9.55 Å². The first-order valence-corrected chi connectivity index (χ1v) is 2.90. The lowest BCUT2D eigenvalue weighted by atomic mass is 10.6. The molecule has 74 valence electrons. The molecule has 0 aromatic carbocycles. The maximum atomic E-state index is 11.8. The van der Waals surface area contributed by atoms with E-state index in [1.54, 1.807) is 0 Å². The van der Waals surface area contributed by atoms with Gasteiger partial charge in [-0.05, 0) is 0 Å². The summed E-state index contributed by atoms with van der Waals surface area (Å²) in [5, 5.41) is 0. The average Bonchev–Trinajstić information content (AvgIpc) is 2.27. The fourth-order valence-corrected chi connectivity index (χ4v) is 0.718. The van der Waals surface area contributed by atoms with E-state index in [9.17, 15) is 26.3 Å². The number of rotatable bonds is 0. The Hall–Kier alpha value is -1.21. The van der Waals surface area contributed by atoms with Gasteiger partial charge in [0.25, 0.3) is 0 Å². The van der Waals surface area contributed by atoms with E-state index >= 15 is 0 Å². The van der Waals surface area contributed by atoms with Gasteiger partial charge in [0.2, 0.25) is 5.82 Å². The third-order valence-corrected chi connectivity index (χ3v) is 1.17. The minimum absolute atomic E-state index is 0.211. The number of hydrogen-bond donors (Lipinski definition) is 0. The van der Waals surface area contributed by atoms with Crippen LogP contribution in [-0.2, 0) is 12.5 Å². The van der Waals surface area contributed by atoms with Crippen molar-refractivity contribution in [1.29, 1.82) is 0 Å². The van der Waals surface area contributed by atoms with Crippen molar-refractivity contribution in [3.8, 4) is 0 Å². The lowest BCUT2D eigenvalue weighted by Crippen LogP contribution is -2.24. The van der Waals surface area contributed by atoms with Crippen molar-refractivity contribution in [2.75, 3.05) is 0 Å². The molecule has 0 saturated carbocycles. The van der Waals surface area contributed by atoms with Crippen LogP contribution in [0.3, 0.4) is 0 Å². The Labute approximate surface area is 67.8 Å². The SMILES string of the molecule is FC(F)(F)c1nccn1C(F)(F)F. The first-order chi connectivity index (χ1) is 5.73. The van der Waals surface area contributed by atoms with Gasteiger partial charge in [0.05, 0.1) is 0 Å². The molecule has 1 aromatic rings. The summed E-state index contributed by atoms with van der Waals surface area (Å²) in [6.45, 7) is 0. The predicted octanol–water partition coefficient (Wildman–Crippen LogP) is 2.38. The third-order valence-electron chi connectivity index (χ3n) is 1.17. The van der Waals surface area contributed by atoms with Crippen LogP contribution >= 0.6 is 0 Å². The normalized spacial score (nSPS) is 13.4. The Bertz CT molecular complexity index is 266. The Morgan fingerprint density at radius 2 is 1.62 bits per heavy atom. The first-order valence-electron chi connectivity index (χ1n) is 2.90. The van der Waals surface area contributed by atoms with E-state index in [0.717, 1.165) is 0 Å². The van der Waals surface area contributed by atoms with Gasteiger partial charge in [-0.1, -0.05) is 0 Å². The minimum Gasteiger partial charge on any atom is -0.237 e. The molecule has 0 fully saturated rings. The molecule has 0 amide bonds. The Balaban J connectivity index is 3.19. The molecule has 0 saturated heterocycles. The number of nitrogens with zero attached hydrogens (tertiary/aromatic N) is 2. The Morgan fingerprint density at radius 3 is 1.92 bits per heavy atom. The number of imidazole rings is 1. The van der Waals surface area contributed by atoms with Crippen molar-refractivity contribution < 1.29 is 26.3 Å². The van der Waals surface area contributed by atoms with Gasteiger partial charge in [-0.15, -0.1) is 13.2 Å². The van der Waals surface area contributed by atoms with Crippen LogP contribution in [-0.4, -0.2) is 9.55 Å². The van der Waals surface area contributed by atoms with Gasteiger partial charge in [0, 0.05) is 12.4 Å². The summed E-state index contributed by atoms with van der Waals surface area (Å²) in [4.78, 5) is 2.57. The molecule has 1 rings (SSSR count). The largest absolute Gasteiger partial charge is 0.490 e. The van der Waals surface area contributed by atoms with Gasteiger partial charge in [0.1, 0.15) is 0 Å². The first kappa shape index (κ1) is 9.87. The minimum atomic E-state index is -5.10. The van der Waals surface area contributed by atoms with E-state index < -0.39 is 22.9 Å². The summed E-state index contributed by atoms with van der Waals surface area (Å²) < 4.78 is 70.1. The van der Waals surface area contributed by atoms with Crippen LogP contribution in [0, 0.1) is 0 Å². The molecule has 0 aliphatic heterocycles. The van der Waals surface area contributed by atoms with Gasteiger partial charge >= 0.3 is 12.5 Å². The molecule has 0 aliphatic carbocycles. The van der Waals surface area contributed by atoms with Crippen molar-refractivity contribution in [3.05, 3.63) is 18.2 Å². The zero-order chi connectivity index (χ0) is 10.3. The highest BCUT2D eigenvalue weighted by atomic mass is 19.4. The van der Waals surface area contributed by atoms with E-state index in [2.05, 4.69) is 4.98 Å². The molecule has 0 unspecified atom stereocenters. The van der Waals surface area contributed by atoms with Gasteiger partial charge in [-0.2, -0.15) is 13.2 Å². The zero-order valence-electron chi connectivity index (χ0n) is 5.82. The fourth-order valence-electron chi connectivity index (χ4n) is 0.718. The summed E-state index contributed by atoms with van der Waals surface area (Å²) >= 11 is 0. The number of hydrogen-bond acceptors (Lipinski definition) is 1. The van der Waals surface area contributed by atoms with Crippen LogP contribution in [0.5, 0.6) is 0 Å². The van der Waals surface area contributed by atoms with Crippen LogP contribution in [0.4, 0.5) is 26.3 Å². The van der Waals surface area contributed by atoms with Crippen molar-refractivity contribution in [2.45, 2.75) is 12.5 Å². The maximum Gasteiger partial charge on any atom is 0.490 e. The second-order valence-corrected chi connectivity index (χ2v) is 2.09. The van der Waals surface area contributed by atoms with Crippen LogP contribution in [0.25, 0.3) is 0 Å². The molecule has 0 aliphatic rings. The summed E-state index contributed by atoms with van der Waals surface area (Å²) in [5.74, 6) is -1.97. The summed E-state index contributed by atoms with van der Waals surface area (Å²) in [7, 11) is 0. The average molecular weight is 204 g/mol. The molecule has 1 heterocycles. The number of halogens is 6. The molecular weight excluding hydrogens is 202 g/mol. The van der Waals surface area contributed by atoms with Gasteiger partial charge in [-0.25, -0.2) is 9.55 Å². The molecule has 8 heteroatoms. The fraction of sp³-hybridized carbons (Fsp3) is 0.400. The van der Waals surface area contributed by atoms with E-state index in [4.69, 9.17) is 0 Å². The molecule has 2 nitrogen and oxygen atoms in total. The Kier molecular flexibility index (Phi) is 2.01. The maximum absolute atomic E-state index is 11.8. The molecule has 0 atom stereocenters. The van der Waals surface area contributed by atoms with Gasteiger partial charge in [-0.3, -0.25) is 0 Å². The topological polar surface area (TPSA) is 17.8 Å². The van der Waals surface area contributed by atoms with E-state index in [-0.39, 0.29) is 6.20 Å². The lowest BCUT2D eigenvalue weighted by molar-refractivity contribution is -0.222. The van der Waals surface area contributed by atoms with E-state index in [1.165, 1.54) is 0 Å². The lowest BCUT2D eigenvalue weighted by Gasteiger charge is -2.12. The van der Waals surface area contributed by atoms with Crippen LogP contribution in [0.2, 0.25) is 0 Å². The van der Waals surface area contributed by atoms with E-state index in [0.29, 0.717) is 6.20 Å². The number of alkyl halides is 6. The molecule has 0 radical (unpaired) electrons. The summed E-state index contributed by atoms with van der Waals surface area (Å²) in [6.07, 6.45) is -9.54. The number of aromatic nitrogens is 2. The zero-order valence-corrected chi connectivity index (χ0v) is 5.82. The van der Waals surface area contributed by atoms with E-state index in [1.807, 2.05) is 0 Å². The molecule has 0 bridgehead atoms. The molecule has 1 aromatic heterocycles. The van der Waals surface area contributed by atoms with Gasteiger partial charge < -0.3 is 0 Å². The Morgan fingerprint density at radius 1 is 1.08 bits per heavy atom. The molecular formula is C5H2F6N2. The van der Waals surface area contributed by atoms with Crippen LogP contribution in [0.15, 0.2) is 12.4 Å². The van der Waals surface area contributed by atoms with Crippen molar-refractivity contribution in [2.24, 2.45) is 0 Å².